The molecule has 4 aliphatic carbocycles. The van der Waals surface area contributed by atoms with Gasteiger partial charge in [-0.25, -0.2) is 0 Å². The number of rotatable bonds is 6. The van der Waals surface area contributed by atoms with Crippen molar-refractivity contribution in [2.45, 2.75) is 98.4 Å². The minimum absolute atomic E-state index is 0. The fraction of sp³-hybridized carbons (Fsp3) is 0.391. The van der Waals surface area contributed by atoms with Gasteiger partial charge in [-0.15, -0.1) is 0 Å². The predicted molar refractivity (Wildman–Crippen MR) is 206 cm³/mol. The van der Waals surface area contributed by atoms with Gasteiger partial charge in [-0.2, -0.15) is 0 Å². The first-order valence-corrected chi connectivity index (χ1v) is 27.5. The Kier molecular flexibility index (Phi) is 10.7. The molecular weight excluding hydrogens is 743 g/mol. The Morgan fingerprint density at radius 1 is 0.520 bits per heavy atom. The van der Waals surface area contributed by atoms with Crippen LogP contribution in [-0.2, 0) is 31.2 Å². The van der Waals surface area contributed by atoms with Gasteiger partial charge in [-0.1, -0.05) is 0 Å². The zero-order valence-corrected chi connectivity index (χ0v) is 36.1. The van der Waals surface area contributed by atoms with Crippen molar-refractivity contribution in [3.05, 3.63) is 129 Å². The topological polar surface area (TPSA) is 0 Å². The van der Waals surface area contributed by atoms with Crippen molar-refractivity contribution in [2.24, 2.45) is 11.8 Å². The zero-order chi connectivity index (χ0) is 33.5. The minimum Gasteiger partial charge on any atom is -1.00 e. The first-order chi connectivity index (χ1) is 22.9. The van der Waals surface area contributed by atoms with Gasteiger partial charge in [0.2, 0.25) is 0 Å². The van der Waals surface area contributed by atoms with Crippen molar-refractivity contribution in [3.63, 3.8) is 0 Å². The molecule has 50 heavy (non-hydrogen) atoms. The molecule has 0 N–H and O–H groups in total. The van der Waals surface area contributed by atoms with E-state index in [9.17, 15) is 0 Å². The number of benzene rings is 4. The molecule has 4 aromatic carbocycles. The molecule has 0 saturated heterocycles. The molecular formula is C46H52Cl2SiZr. The fourth-order valence-electron chi connectivity index (χ4n) is 8.63. The number of allylic oxidation sites excluding steroid dienone is 2. The Bertz CT molecular complexity index is 1870. The van der Waals surface area contributed by atoms with Crippen LogP contribution in [0.15, 0.2) is 96.1 Å². The van der Waals surface area contributed by atoms with Crippen molar-refractivity contribution in [1.29, 1.82) is 0 Å². The van der Waals surface area contributed by atoms with E-state index in [1.807, 2.05) is 11.1 Å². The summed E-state index contributed by atoms with van der Waals surface area (Å²) >= 11 is -2.19. The average Bonchev–Trinajstić information content (AvgIpc) is 4.00. The van der Waals surface area contributed by atoms with Gasteiger partial charge in [-0.05, 0) is 0 Å². The van der Waals surface area contributed by atoms with Gasteiger partial charge >= 0.3 is 300 Å². The molecule has 8 rings (SSSR count). The molecule has 4 heteroatoms. The Morgan fingerprint density at radius 2 is 0.880 bits per heavy atom. The second-order valence-electron chi connectivity index (χ2n) is 17.4. The molecule has 4 aromatic rings. The summed E-state index contributed by atoms with van der Waals surface area (Å²) in [5.74, 6) is 1.61. The summed E-state index contributed by atoms with van der Waals surface area (Å²) in [5.41, 5.74) is 18.5. The summed E-state index contributed by atoms with van der Waals surface area (Å²) < 4.78 is 1.42. The van der Waals surface area contributed by atoms with Crippen LogP contribution in [0.2, 0.25) is 13.1 Å². The molecule has 0 nitrogen and oxygen atoms in total. The van der Waals surface area contributed by atoms with Crippen LogP contribution >= 0.6 is 0 Å². The maximum Gasteiger partial charge on any atom is -1.00 e. The summed E-state index contributed by atoms with van der Waals surface area (Å²) in [5, 5.41) is 0. The standard InChI is InChI=1S/2C22H23.C2H6Si.2ClH.Zr/c2*1-22(2,3)19-11-9-16(10-12-19)20-6-4-5-17-13-18(14-21(17)20)15-7-8-15;1-3-2;;;/h2*4-6,9-15H,7-8H2,1-3H3;1-2H3;2*1H;/q;;;;;+2/p-2. The van der Waals surface area contributed by atoms with Gasteiger partial charge in [0.15, 0.2) is 0 Å². The van der Waals surface area contributed by atoms with E-state index >= 15 is 0 Å². The van der Waals surface area contributed by atoms with E-state index < -0.39 is 25.8 Å². The molecule has 0 aliphatic heterocycles. The average molecular weight is 795 g/mol. The molecule has 2 saturated carbocycles. The monoisotopic (exact) mass is 792 g/mol. The van der Waals surface area contributed by atoms with Gasteiger partial charge in [-0.3, -0.25) is 0 Å². The molecule has 4 aliphatic rings. The van der Waals surface area contributed by atoms with E-state index in [2.05, 4.69) is 152 Å². The number of hydrogen-bond acceptors (Lipinski definition) is 0. The van der Waals surface area contributed by atoms with Crippen LogP contribution in [-0.4, -0.2) is 5.43 Å². The third-order valence-electron chi connectivity index (χ3n) is 11.6. The smallest absolute Gasteiger partial charge is 1.00 e. The molecule has 0 spiro atoms. The fourth-order valence-corrected chi connectivity index (χ4v) is 29.2. The van der Waals surface area contributed by atoms with Crippen molar-refractivity contribution in [2.75, 3.05) is 0 Å². The number of hydrogen-bond donors (Lipinski definition) is 0. The van der Waals surface area contributed by atoms with E-state index in [1.54, 1.807) is 22.3 Å². The first-order valence-electron chi connectivity index (χ1n) is 18.5. The van der Waals surface area contributed by atoms with E-state index in [4.69, 9.17) is 0 Å². The summed E-state index contributed by atoms with van der Waals surface area (Å²) in [6, 6.07) is 33.7. The summed E-state index contributed by atoms with van der Waals surface area (Å²) in [4.78, 5) is 0. The Morgan fingerprint density at radius 3 is 1.18 bits per heavy atom. The summed E-state index contributed by atoms with van der Waals surface area (Å²) in [7, 11) is 0. The van der Waals surface area contributed by atoms with Crippen LogP contribution in [0.4, 0.5) is 0 Å². The van der Waals surface area contributed by atoms with Crippen molar-refractivity contribution in [3.8, 4) is 22.3 Å². The molecule has 2 unspecified atom stereocenters. The molecule has 0 radical (unpaired) electrons. The van der Waals surface area contributed by atoms with Crippen LogP contribution in [0.3, 0.4) is 0 Å². The maximum absolute atomic E-state index is 2.72. The van der Waals surface area contributed by atoms with Crippen LogP contribution in [0.25, 0.3) is 34.4 Å². The molecule has 258 valence electrons. The van der Waals surface area contributed by atoms with Crippen molar-refractivity contribution < 1.29 is 45.2 Å². The van der Waals surface area contributed by atoms with Gasteiger partial charge in [0.05, 0.1) is 0 Å². The normalized spacial score (nSPS) is 19.3. The largest absolute Gasteiger partial charge is 1.00 e. The molecule has 2 fully saturated rings. The summed E-state index contributed by atoms with van der Waals surface area (Å²) in [6.45, 7) is 19.3. The third-order valence-corrected chi connectivity index (χ3v) is 30.9. The molecule has 0 aromatic heterocycles. The molecule has 0 bridgehead atoms. The Hall–Kier alpha value is -1.96. The van der Waals surface area contributed by atoms with Crippen LogP contribution in [0.1, 0.15) is 108 Å². The van der Waals surface area contributed by atoms with E-state index in [1.165, 1.54) is 59.1 Å². The molecule has 0 amide bonds. The Labute approximate surface area is 322 Å². The van der Waals surface area contributed by atoms with E-state index in [0.29, 0.717) is 7.25 Å². The van der Waals surface area contributed by atoms with Crippen LogP contribution < -0.4 is 24.8 Å². The quantitative estimate of drug-likeness (QED) is 0.187. The van der Waals surface area contributed by atoms with E-state index in [-0.39, 0.29) is 35.6 Å². The summed E-state index contributed by atoms with van der Waals surface area (Å²) in [6.07, 6.45) is 11.0. The number of fused-ring (bicyclic) bond motifs is 2. The van der Waals surface area contributed by atoms with Crippen molar-refractivity contribution >= 4 is 17.6 Å². The SMILES string of the molecule is C[Si](C)=[Zr+2]([CH]1C(C2CC2)=Cc2c(-c3ccc(C(C)(C)C)cc3)cccc21)[CH]1C(C2CC2)=Cc2c(-c3ccc(C(C)(C)C)cc3)cccc21.[Cl-].[Cl-]. The second-order valence-corrected chi connectivity index (χ2v) is 35.3. The second kappa shape index (κ2) is 14.1. The zero-order valence-electron chi connectivity index (χ0n) is 31.1. The maximum atomic E-state index is 2.72. The Balaban J connectivity index is 0.00000216. The van der Waals surface area contributed by atoms with Gasteiger partial charge < -0.3 is 24.8 Å². The van der Waals surface area contributed by atoms with Crippen molar-refractivity contribution in [1.82, 2.24) is 0 Å². The van der Waals surface area contributed by atoms with Gasteiger partial charge in [0.25, 0.3) is 0 Å². The minimum atomic E-state index is -2.19. The van der Waals surface area contributed by atoms with Gasteiger partial charge in [0, 0.05) is 0 Å². The van der Waals surface area contributed by atoms with Gasteiger partial charge in [0.1, 0.15) is 0 Å². The number of halogens is 2. The van der Waals surface area contributed by atoms with Crippen LogP contribution in [0.5, 0.6) is 0 Å². The van der Waals surface area contributed by atoms with E-state index in [0.717, 1.165) is 11.8 Å². The third kappa shape index (κ3) is 6.94. The predicted octanol–water partition coefficient (Wildman–Crippen LogP) is 6.89. The van der Waals surface area contributed by atoms with Crippen LogP contribution in [0, 0.1) is 11.8 Å². The molecule has 0 heterocycles. The first kappa shape index (κ1) is 37.8. The molecule has 2 atom stereocenters.